The van der Waals surface area contributed by atoms with E-state index in [1.54, 1.807) is 12.3 Å². The number of ether oxygens (including phenoxy) is 2. The molecule has 0 saturated carbocycles. The Morgan fingerprint density at radius 3 is 2.78 bits per heavy atom. The quantitative estimate of drug-likeness (QED) is 0.750. The van der Waals surface area contributed by atoms with Gasteiger partial charge in [0, 0.05) is 12.2 Å². The molecule has 1 N–H and O–H groups in total. The van der Waals surface area contributed by atoms with Gasteiger partial charge >= 0.3 is 0 Å². The summed E-state index contributed by atoms with van der Waals surface area (Å²) >= 11 is 0. The van der Waals surface area contributed by atoms with E-state index in [2.05, 4.69) is 10.4 Å². The molecule has 0 bridgehead atoms. The van der Waals surface area contributed by atoms with Crippen LogP contribution in [-0.2, 0) is 4.79 Å². The maximum absolute atomic E-state index is 12.6. The number of rotatable bonds is 5. The zero-order valence-electron chi connectivity index (χ0n) is 15.2. The van der Waals surface area contributed by atoms with E-state index in [-0.39, 0.29) is 18.6 Å². The molecular formula is C20H21N3O4. The van der Waals surface area contributed by atoms with E-state index in [9.17, 15) is 4.79 Å². The Morgan fingerprint density at radius 2 is 2.07 bits per heavy atom. The zero-order chi connectivity index (χ0) is 18.8. The van der Waals surface area contributed by atoms with Crippen LogP contribution in [0.2, 0.25) is 0 Å². The van der Waals surface area contributed by atoms with E-state index in [0.29, 0.717) is 18.0 Å². The number of para-hydroxylation sites is 2. The molecule has 4 rings (SSSR count). The molecule has 1 aliphatic heterocycles. The van der Waals surface area contributed by atoms with Crippen LogP contribution >= 0.6 is 0 Å². The molecule has 7 nitrogen and oxygen atoms in total. The summed E-state index contributed by atoms with van der Waals surface area (Å²) in [6.07, 6.45) is 0.919. The summed E-state index contributed by atoms with van der Waals surface area (Å²) < 4.78 is 18.8. The van der Waals surface area contributed by atoms with Crippen molar-refractivity contribution in [3.05, 3.63) is 65.9 Å². The van der Waals surface area contributed by atoms with Gasteiger partial charge in [-0.2, -0.15) is 5.10 Å². The van der Waals surface area contributed by atoms with Gasteiger partial charge in [-0.3, -0.25) is 9.48 Å². The lowest BCUT2D eigenvalue weighted by atomic mass is 10.2. The Bertz CT molecular complexity index is 933. The number of fused-ring (bicyclic) bond motifs is 1. The molecule has 27 heavy (non-hydrogen) atoms. The second kappa shape index (κ2) is 7.19. The van der Waals surface area contributed by atoms with Crippen molar-refractivity contribution < 1.29 is 18.7 Å². The van der Waals surface area contributed by atoms with Crippen LogP contribution in [-0.4, -0.2) is 34.9 Å². The fourth-order valence-corrected chi connectivity index (χ4v) is 3.21. The normalized spacial score (nSPS) is 16.7. The van der Waals surface area contributed by atoms with Crippen LogP contribution in [0.1, 0.15) is 23.2 Å². The van der Waals surface area contributed by atoms with Crippen LogP contribution in [0, 0.1) is 13.8 Å². The minimum Gasteiger partial charge on any atom is -0.485 e. The number of carbonyl (C=O) groups is 1. The lowest BCUT2D eigenvalue weighted by Gasteiger charge is -2.26. The van der Waals surface area contributed by atoms with Crippen molar-refractivity contribution in [1.29, 1.82) is 0 Å². The Balaban J connectivity index is 1.47. The third-order valence-electron chi connectivity index (χ3n) is 4.48. The molecule has 0 spiro atoms. The topological polar surface area (TPSA) is 78.5 Å². The summed E-state index contributed by atoms with van der Waals surface area (Å²) in [7, 11) is 0. The number of hydrogen-bond donors (Lipinski definition) is 1. The third-order valence-corrected chi connectivity index (χ3v) is 4.48. The Labute approximate surface area is 156 Å². The molecule has 0 fully saturated rings. The number of aromatic nitrogens is 2. The van der Waals surface area contributed by atoms with Gasteiger partial charge in [-0.05, 0) is 44.2 Å². The van der Waals surface area contributed by atoms with Gasteiger partial charge in [0.15, 0.2) is 11.5 Å². The van der Waals surface area contributed by atoms with Crippen LogP contribution in [0.3, 0.4) is 0 Å². The molecule has 1 amide bonds. The van der Waals surface area contributed by atoms with E-state index in [4.69, 9.17) is 13.9 Å². The van der Waals surface area contributed by atoms with E-state index >= 15 is 0 Å². The standard InChI is InChI=1S/C20H21N3O4/c1-13-10-14(2)23(22-13)15(16-8-5-9-25-16)11-21-20(24)19-12-26-17-6-3-4-7-18(17)27-19/h3-10,15,19H,11-12H2,1-2H3,(H,21,24). The molecule has 140 valence electrons. The molecule has 2 aromatic heterocycles. The lowest BCUT2D eigenvalue weighted by molar-refractivity contribution is -0.130. The monoisotopic (exact) mass is 367 g/mol. The second-order valence-electron chi connectivity index (χ2n) is 6.51. The van der Waals surface area contributed by atoms with Crippen molar-refractivity contribution in [2.45, 2.75) is 26.0 Å². The Morgan fingerprint density at radius 1 is 1.26 bits per heavy atom. The summed E-state index contributed by atoms with van der Waals surface area (Å²) in [5, 5.41) is 7.48. The van der Waals surface area contributed by atoms with Crippen molar-refractivity contribution in [3.63, 3.8) is 0 Å². The average molecular weight is 367 g/mol. The summed E-state index contributed by atoms with van der Waals surface area (Å²) in [5.74, 6) is 1.72. The maximum atomic E-state index is 12.6. The number of hydrogen-bond acceptors (Lipinski definition) is 5. The number of furan rings is 1. The SMILES string of the molecule is Cc1cc(C)n(C(CNC(=O)C2COc3ccccc3O2)c2ccco2)n1. The molecular weight excluding hydrogens is 346 g/mol. The first-order chi connectivity index (χ1) is 13.1. The van der Waals surface area contributed by atoms with Crippen LogP contribution in [0.25, 0.3) is 0 Å². The van der Waals surface area contributed by atoms with Crippen molar-refractivity contribution in [1.82, 2.24) is 15.1 Å². The van der Waals surface area contributed by atoms with Gasteiger partial charge in [-0.25, -0.2) is 0 Å². The Kier molecular flexibility index (Phi) is 4.58. The third kappa shape index (κ3) is 3.53. The van der Waals surface area contributed by atoms with Crippen LogP contribution < -0.4 is 14.8 Å². The fraction of sp³-hybridized carbons (Fsp3) is 0.300. The van der Waals surface area contributed by atoms with Gasteiger partial charge in [0.2, 0.25) is 6.10 Å². The first-order valence-corrected chi connectivity index (χ1v) is 8.84. The lowest BCUT2D eigenvalue weighted by Crippen LogP contribution is -2.45. The van der Waals surface area contributed by atoms with Gasteiger partial charge < -0.3 is 19.2 Å². The van der Waals surface area contributed by atoms with E-state index in [1.165, 1.54) is 0 Å². The van der Waals surface area contributed by atoms with Crippen LogP contribution in [0.5, 0.6) is 11.5 Å². The fourth-order valence-electron chi connectivity index (χ4n) is 3.21. The van der Waals surface area contributed by atoms with E-state index < -0.39 is 6.10 Å². The Hall–Kier alpha value is -3.22. The molecule has 1 aromatic carbocycles. The minimum atomic E-state index is -0.697. The molecule has 7 heteroatoms. The van der Waals surface area contributed by atoms with Gasteiger partial charge in [0.25, 0.3) is 5.91 Å². The highest BCUT2D eigenvalue weighted by Crippen LogP contribution is 2.31. The molecule has 3 heterocycles. The number of amides is 1. The predicted octanol–water partition coefficient (Wildman–Crippen LogP) is 2.64. The number of nitrogens with zero attached hydrogens (tertiary/aromatic N) is 2. The highest BCUT2D eigenvalue weighted by Gasteiger charge is 2.28. The van der Waals surface area contributed by atoms with Gasteiger partial charge in [-0.15, -0.1) is 0 Å². The van der Waals surface area contributed by atoms with Crippen LogP contribution in [0.4, 0.5) is 0 Å². The number of nitrogens with one attached hydrogen (secondary N) is 1. The van der Waals surface area contributed by atoms with Crippen molar-refractivity contribution in [2.24, 2.45) is 0 Å². The first-order valence-electron chi connectivity index (χ1n) is 8.84. The average Bonchev–Trinajstić information content (AvgIpc) is 3.31. The molecule has 0 saturated heterocycles. The van der Waals surface area contributed by atoms with E-state index in [0.717, 1.165) is 17.1 Å². The van der Waals surface area contributed by atoms with Crippen molar-refractivity contribution in [3.8, 4) is 11.5 Å². The van der Waals surface area contributed by atoms with Crippen molar-refractivity contribution in [2.75, 3.05) is 13.2 Å². The van der Waals surface area contributed by atoms with Gasteiger partial charge in [0.05, 0.1) is 12.0 Å². The number of benzene rings is 1. The van der Waals surface area contributed by atoms with Crippen LogP contribution in [0.15, 0.2) is 53.1 Å². The van der Waals surface area contributed by atoms with E-state index in [1.807, 2.05) is 54.9 Å². The summed E-state index contributed by atoms with van der Waals surface area (Å²) in [6, 6.07) is 12.8. The second-order valence-corrected chi connectivity index (χ2v) is 6.51. The molecule has 1 aliphatic rings. The highest BCUT2D eigenvalue weighted by molar-refractivity contribution is 5.81. The number of aryl methyl sites for hydroxylation is 2. The number of carbonyl (C=O) groups excluding carboxylic acids is 1. The molecule has 0 aliphatic carbocycles. The van der Waals surface area contributed by atoms with Crippen molar-refractivity contribution >= 4 is 5.91 Å². The predicted molar refractivity (Wildman–Crippen MR) is 97.9 cm³/mol. The zero-order valence-corrected chi connectivity index (χ0v) is 15.2. The molecule has 2 unspecified atom stereocenters. The summed E-state index contributed by atoms with van der Waals surface area (Å²) in [4.78, 5) is 12.6. The minimum absolute atomic E-state index is 0.175. The molecule has 0 radical (unpaired) electrons. The van der Waals surface area contributed by atoms with Gasteiger partial charge in [0.1, 0.15) is 18.4 Å². The highest BCUT2D eigenvalue weighted by atomic mass is 16.6. The van der Waals surface area contributed by atoms with Gasteiger partial charge in [-0.1, -0.05) is 12.1 Å². The largest absolute Gasteiger partial charge is 0.485 e. The maximum Gasteiger partial charge on any atom is 0.264 e. The summed E-state index contributed by atoms with van der Waals surface area (Å²) in [6.45, 7) is 4.42. The first kappa shape index (κ1) is 17.2. The molecule has 3 aromatic rings. The summed E-state index contributed by atoms with van der Waals surface area (Å²) in [5.41, 5.74) is 1.91. The molecule has 2 atom stereocenters. The smallest absolute Gasteiger partial charge is 0.264 e.